The molecule has 0 bridgehead atoms. The second-order valence-corrected chi connectivity index (χ2v) is 14.6. The van der Waals surface area contributed by atoms with Gasteiger partial charge in [0.1, 0.15) is 0 Å². The van der Waals surface area contributed by atoms with Gasteiger partial charge in [0.05, 0.1) is 41.2 Å². The fourth-order valence-electron chi connectivity index (χ4n) is 6.44. The highest BCUT2D eigenvalue weighted by Crippen LogP contribution is 2.37. The number of rotatable bonds is 12. The SMILES string of the molecule is CCc1cn2c3c(cc(C(=O)N[C@@H](Cc4ccccc4)[C@H](O)CNCc4cccc(C(F)(F)F)c4)cc13)N(Cc1ccccc1)S(=O)(=O)CC2. The molecule has 0 spiro atoms. The van der Waals surface area contributed by atoms with Gasteiger partial charge in [0, 0.05) is 36.8 Å². The second kappa shape index (κ2) is 14.7. The summed E-state index contributed by atoms with van der Waals surface area (Å²) in [5, 5.41) is 18.2. The fourth-order valence-corrected chi connectivity index (χ4v) is 7.87. The number of aromatic nitrogens is 1. The van der Waals surface area contributed by atoms with Crippen molar-refractivity contribution in [3.8, 4) is 0 Å². The molecule has 0 radical (unpaired) electrons. The average molecular weight is 705 g/mol. The normalized spacial score (nSPS) is 15.4. The third-order valence-corrected chi connectivity index (χ3v) is 10.8. The number of hydrogen-bond acceptors (Lipinski definition) is 5. The van der Waals surface area contributed by atoms with Crippen LogP contribution in [0.1, 0.15) is 45.1 Å². The summed E-state index contributed by atoms with van der Waals surface area (Å²) < 4.78 is 70.4. The molecule has 0 fully saturated rings. The van der Waals surface area contributed by atoms with Gasteiger partial charge in [0.2, 0.25) is 10.0 Å². The van der Waals surface area contributed by atoms with Gasteiger partial charge in [-0.2, -0.15) is 13.2 Å². The van der Waals surface area contributed by atoms with Crippen molar-refractivity contribution in [2.24, 2.45) is 0 Å². The highest BCUT2D eigenvalue weighted by molar-refractivity contribution is 7.92. The van der Waals surface area contributed by atoms with E-state index in [0.29, 0.717) is 17.7 Å². The van der Waals surface area contributed by atoms with Gasteiger partial charge in [0.15, 0.2) is 0 Å². The molecule has 2 heterocycles. The molecule has 1 aliphatic heterocycles. The van der Waals surface area contributed by atoms with Gasteiger partial charge in [-0.25, -0.2) is 8.42 Å². The van der Waals surface area contributed by atoms with E-state index in [9.17, 15) is 31.5 Å². The van der Waals surface area contributed by atoms with E-state index in [4.69, 9.17) is 0 Å². The first kappa shape index (κ1) is 35.2. The Kier molecular flexibility index (Phi) is 10.3. The first-order valence-electron chi connectivity index (χ1n) is 16.5. The lowest BCUT2D eigenvalue weighted by atomic mass is 9.99. The summed E-state index contributed by atoms with van der Waals surface area (Å²) in [5.41, 5.74) is 3.71. The van der Waals surface area contributed by atoms with Crippen molar-refractivity contribution in [1.29, 1.82) is 0 Å². The van der Waals surface area contributed by atoms with Gasteiger partial charge in [-0.3, -0.25) is 9.10 Å². The summed E-state index contributed by atoms with van der Waals surface area (Å²) in [6.45, 7) is 2.46. The number of hydrogen-bond donors (Lipinski definition) is 3. The lowest BCUT2D eigenvalue weighted by molar-refractivity contribution is -0.137. The Morgan fingerprint density at radius 3 is 2.28 bits per heavy atom. The summed E-state index contributed by atoms with van der Waals surface area (Å²) in [5.74, 6) is -0.584. The number of anilines is 1. The lowest BCUT2D eigenvalue weighted by Crippen LogP contribution is -2.48. The maximum atomic E-state index is 14.1. The Morgan fingerprint density at radius 1 is 0.920 bits per heavy atom. The number of aryl methyl sites for hydroxylation is 2. The van der Waals surface area contributed by atoms with E-state index in [0.717, 1.165) is 39.7 Å². The zero-order valence-corrected chi connectivity index (χ0v) is 28.3. The molecule has 8 nitrogen and oxygen atoms in total. The van der Waals surface area contributed by atoms with Crippen molar-refractivity contribution in [3.05, 3.63) is 137 Å². The molecule has 0 unspecified atom stereocenters. The molecule has 1 aromatic heterocycles. The number of sulfonamides is 1. The van der Waals surface area contributed by atoms with Crippen LogP contribution in [0.25, 0.3) is 10.9 Å². The monoisotopic (exact) mass is 704 g/mol. The number of aliphatic hydroxyl groups excluding tert-OH is 1. The van der Waals surface area contributed by atoms with Crippen LogP contribution in [-0.4, -0.2) is 48.4 Å². The smallest absolute Gasteiger partial charge is 0.390 e. The van der Waals surface area contributed by atoms with Crippen LogP contribution in [0.5, 0.6) is 0 Å². The van der Waals surface area contributed by atoms with Crippen LogP contribution in [0, 0.1) is 0 Å². The highest BCUT2D eigenvalue weighted by Gasteiger charge is 2.32. The zero-order valence-electron chi connectivity index (χ0n) is 27.5. The molecule has 0 saturated carbocycles. The minimum Gasteiger partial charge on any atom is -0.390 e. The maximum absolute atomic E-state index is 14.1. The Morgan fingerprint density at radius 2 is 1.60 bits per heavy atom. The van der Waals surface area contributed by atoms with E-state index in [1.807, 2.05) is 78.4 Å². The minimum atomic E-state index is -4.47. The lowest BCUT2D eigenvalue weighted by Gasteiger charge is -2.26. The summed E-state index contributed by atoms with van der Waals surface area (Å²) in [6, 6.07) is 26.2. The number of alkyl halides is 3. The van der Waals surface area contributed by atoms with E-state index in [1.165, 1.54) is 10.4 Å². The molecule has 5 aromatic rings. The Hall–Kier alpha value is -4.65. The molecular weight excluding hydrogens is 666 g/mol. The summed E-state index contributed by atoms with van der Waals surface area (Å²) in [4.78, 5) is 14.1. The molecule has 2 atom stereocenters. The zero-order chi connectivity index (χ0) is 35.5. The molecule has 0 aliphatic carbocycles. The quantitative estimate of drug-likeness (QED) is 0.147. The molecule has 3 N–H and O–H groups in total. The van der Waals surface area contributed by atoms with Gasteiger partial charge in [-0.15, -0.1) is 0 Å². The predicted octanol–water partition coefficient (Wildman–Crippen LogP) is 6.06. The van der Waals surface area contributed by atoms with Crippen LogP contribution in [0.15, 0.2) is 103 Å². The van der Waals surface area contributed by atoms with Crippen LogP contribution in [0.4, 0.5) is 18.9 Å². The van der Waals surface area contributed by atoms with Gasteiger partial charge >= 0.3 is 6.18 Å². The first-order valence-corrected chi connectivity index (χ1v) is 18.1. The van der Waals surface area contributed by atoms with Gasteiger partial charge in [0.25, 0.3) is 5.91 Å². The largest absolute Gasteiger partial charge is 0.416 e. The van der Waals surface area contributed by atoms with E-state index < -0.39 is 39.8 Å². The Balaban J connectivity index is 1.30. The maximum Gasteiger partial charge on any atom is 0.416 e. The average Bonchev–Trinajstić information content (AvgIpc) is 3.43. The molecular formula is C38H39F3N4O4S. The molecule has 6 rings (SSSR count). The molecule has 12 heteroatoms. The van der Waals surface area contributed by atoms with Crippen LogP contribution < -0.4 is 14.9 Å². The highest BCUT2D eigenvalue weighted by atomic mass is 32.2. The third-order valence-electron chi connectivity index (χ3n) is 9.06. The van der Waals surface area contributed by atoms with Gasteiger partial charge in [-0.05, 0) is 53.3 Å². The van der Waals surface area contributed by atoms with Crippen molar-refractivity contribution >= 4 is 32.5 Å². The number of amides is 1. The van der Waals surface area contributed by atoms with E-state index in [1.54, 1.807) is 18.2 Å². The molecule has 50 heavy (non-hydrogen) atoms. The van der Waals surface area contributed by atoms with Crippen molar-refractivity contribution in [2.75, 3.05) is 16.6 Å². The number of carbonyl (C=O) groups is 1. The fraction of sp³-hybridized carbons (Fsp3) is 0.289. The summed E-state index contributed by atoms with van der Waals surface area (Å²) in [6.07, 6.45) is -2.68. The topological polar surface area (TPSA) is 104 Å². The number of carbonyl (C=O) groups excluding carboxylic acids is 1. The second-order valence-electron chi connectivity index (χ2n) is 12.6. The number of benzene rings is 4. The molecule has 4 aromatic carbocycles. The van der Waals surface area contributed by atoms with Crippen LogP contribution >= 0.6 is 0 Å². The first-order chi connectivity index (χ1) is 23.9. The molecule has 0 saturated heterocycles. The molecule has 262 valence electrons. The van der Waals surface area contributed by atoms with Crippen LogP contribution in [-0.2, 0) is 48.7 Å². The Labute approximate surface area is 289 Å². The van der Waals surface area contributed by atoms with Crippen molar-refractivity contribution < 1.29 is 31.5 Å². The molecule has 1 amide bonds. The standard InChI is InChI=1S/C38H39F3N4O4S/c1-2-29-25-44-16-17-50(48,49)45(24-27-12-7-4-8-13-27)34-21-30(20-32(29)36(34)44)37(47)43-33(19-26-10-5-3-6-11-26)35(46)23-42-22-28-14-9-15-31(18-28)38(39,40)41/h3-15,18,20-21,25,33,35,42,46H,2,16-17,19,22-24H2,1H3,(H,43,47)/t33-,35+/m0/s1. The van der Waals surface area contributed by atoms with Crippen molar-refractivity contribution in [2.45, 2.75) is 57.7 Å². The minimum absolute atomic E-state index is 0.00968. The van der Waals surface area contributed by atoms with Crippen molar-refractivity contribution in [3.63, 3.8) is 0 Å². The third kappa shape index (κ3) is 7.88. The summed E-state index contributed by atoms with van der Waals surface area (Å²) >= 11 is 0. The van der Waals surface area contributed by atoms with E-state index in [2.05, 4.69) is 10.6 Å². The van der Waals surface area contributed by atoms with Gasteiger partial charge < -0.3 is 20.3 Å². The van der Waals surface area contributed by atoms with Gasteiger partial charge in [-0.1, -0.05) is 85.8 Å². The Bertz CT molecular complexity index is 2070. The van der Waals surface area contributed by atoms with E-state index >= 15 is 0 Å². The number of nitrogens with one attached hydrogen (secondary N) is 2. The number of aliphatic hydroxyl groups is 1. The van der Waals surface area contributed by atoms with E-state index in [-0.39, 0.29) is 43.9 Å². The van der Waals surface area contributed by atoms with Crippen LogP contribution in [0.2, 0.25) is 0 Å². The van der Waals surface area contributed by atoms with Crippen LogP contribution in [0.3, 0.4) is 0 Å². The number of halogens is 3. The predicted molar refractivity (Wildman–Crippen MR) is 188 cm³/mol. The van der Waals surface area contributed by atoms with Crippen molar-refractivity contribution in [1.82, 2.24) is 15.2 Å². The number of nitrogens with zero attached hydrogens (tertiary/aromatic N) is 2. The molecule has 1 aliphatic rings. The summed E-state index contributed by atoms with van der Waals surface area (Å²) in [7, 11) is -3.76.